The van der Waals surface area contributed by atoms with Crippen molar-refractivity contribution in [2.24, 2.45) is 10.2 Å². The maximum absolute atomic E-state index is 13.0. The number of alkyl halides is 6. The molecule has 2 aliphatic rings. The Bertz CT molecular complexity index is 913. The number of hydrogen-bond acceptors (Lipinski definition) is 6. The summed E-state index contributed by atoms with van der Waals surface area (Å²) in [4.78, 5) is 0. The Morgan fingerprint density at radius 1 is 1.06 bits per heavy atom. The van der Waals surface area contributed by atoms with Crippen LogP contribution in [-0.2, 0) is 6.18 Å². The van der Waals surface area contributed by atoms with Gasteiger partial charge in [-0.15, -0.1) is 23.4 Å². The van der Waals surface area contributed by atoms with E-state index in [1.54, 1.807) is 0 Å². The van der Waals surface area contributed by atoms with Crippen LogP contribution in [0.2, 0.25) is 0 Å². The van der Waals surface area contributed by atoms with Gasteiger partial charge < -0.3 is 20.8 Å². The van der Waals surface area contributed by atoms with Crippen LogP contribution in [0.3, 0.4) is 0 Å². The maximum atomic E-state index is 13.0. The highest BCUT2D eigenvalue weighted by atomic mass is 19.4. The summed E-state index contributed by atoms with van der Waals surface area (Å²) in [6, 6.07) is 1.86. The van der Waals surface area contributed by atoms with E-state index in [0.29, 0.717) is 6.07 Å². The lowest BCUT2D eigenvalue weighted by Gasteiger charge is -2.27. The predicted molar refractivity (Wildman–Crippen MR) is 102 cm³/mol. The third kappa shape index (κ3) is 5.98. The lowest BCUT2D eigenvalue weighted by Crippen LogP contribution is -2.46. The Balaban J connectivity index is 1.99. The van der Waals surface area contributed by atoms with Crippen molar-refractivity contribution in [3.05, 3.63) is 41.1 Å². The third-order valence-electron chi connectivity index (χ3n) is 4.74. The Morgan fingerprint density at radius 3 is 2.39 bits per heavy atom. The summed E-state index contributed by atoms with van der Waals surface area (Å²) in [5, 5.41) is 21.1. The standard InChI is InChI=1S/C19H19F6N5O/c20-18(21,22)11-6-7-13(15(10-11)31-19(23,24)25)16-14(8-9-26)28-17(30-29-16)27-12-4-2-1-3-5-12/h6-10,12,26H,1-5H2,(H2,27,28,30)/b14-8-,26-9?. The van der Waals surface area contributed by atoms with Crippen LogP contribution in [0.1, 0.15) is 43.2 Å². The van der Waals surface area contributed by atoms with E-state index in [1.165, 1.54) is 6.08 Å². The largest absolute Gasteiger partial charge is 0.573 e. The van der Waals surface area contributed by atoms with Gasteiger partial charge in [0.1, 0.15) is 11.5 Å². The first kappa shape index (κ1) is 22.6. The molecule has 0 bridgehead atoms. The molecule has 1 heterocycles. The summed E-state index contributed by atoms with van der Waals surface area (Å²) < 4.78 is 81.3. The van der Waals surface area contributed by atoms with E-state index in [4.69, 9.17) is 5.41 Å². The van der Waals surface area contributed by atoms with E-state index in [0.717, 1.165) is 44.4 Å². The van der Waals surface area contributed by atoms with Crippen LogP contribution >= 0.6 is 0 Å². The second-order valence-corrected chi connectivity index (χ2v) is 7.00. The van der Waals surface area contributed by atoms with Crippen molar-refractivity contribution in [2.75, 3.05) is 0 Å². The molecule has 0 saturated heterocycles. The number of nitrogens with zero attached hydrogens (tertiary/aromatic N) is 2. The normalized spacial score (nSPS) is 19.4. The van der Waals surface area contributed by atoms with Crippen LogP contribution < -0.4 is 15.4 Å². The zero-order valence-electron chi connectivity index (χ0n) is 16.1. The Labute approximate surface area is 173 Å². The quantitative estimate of drug-likeness (QED) is 0.461. The van der Waals surface area contributed by atoms with Crippen LogP contribution in [0.15, 0.2) is 40.2 Å². The highest BCUT2D eigenvalue weighted by Crippen LogP contribution is 2.36. The van der Waals surface area contributed by atoms with Crippen molar-refractivity contribution in [3.63, 3.8) is 0 Å². The average molecular weight is 447 g/mol. The summed E-state index contributed by atoms with van der Waals surface area (Å²) in [5.41, 5.74) is -1.76. The minimum atomic E-state index is -5.22. The number of nitrogens with one attached hydrogen (secondary N) is 3. The third-order valence-corrected chi connectivity index (χ3v) is 4.74. The summed E-state index contributed by atoms with van der Waals surface area (Å²) in [5.74, 6) is -0.827. The molecular weight excluding hydrogens is 428 g/mol. The lowest BCUT2D eigenvalue weighted by molar-refractivity contribution is -0.274. The average Bonchev–Trinajstić information content (AvgIpc) is 2.68. The van der Waals surface area contributed by atoms with Gasteiger partial charge in [-0.3, -0.25) is 0 Å². The molecule has 0 aromatic heterocycles. The molecular formula is C19H19F6N5O. The number of benzene rings is 1. The lowest BCUT2D eigenvalue weighted by atomic mass is 9.96. The number of guanidine groups is 1. The number of hydrogen-bond donors (Lipinski definition) is 3. The molecule has 168 valence electrons. The first-order valence-electron chi connectivity index (χ1n) is 9.44. The second-order valence-electron chi connectivity index (χ2n) is 7.00. The molecule has 6 nitrogen and oxygen atoms in total. The van der Waals surface area contributed by atoms with Gasteiger partial charge in [0, 0.05) is 17.8 Å². The molecule has 0 radical (unpaired) electrons. The van der Waals surface area contributed by atoms with Crippen LogP contribution in [0.4, 0.5) is 26.3 Å². The fourth-order valence-corrected chi connectivity index (χ4v) is 3.38. The minimum Gasteiger partial charge on any atom is -0.405 e. The molecule has 3 N–H and O–H groups in total. The van der Waals surface area contributed by atoms with Gasteiger partial charge in [-0.1, -0.05) is 19.3 Å². The number of ether oxygens (including phenoxy) is 1. The maximum Gasteiger partial charge on any atom is 0.573 e. The first-order valence-corrected chi connectivity index (χ1v) is 9.44. The summed E-state index contributed by atoms with van der Waals surface area (Å²) >= 11 is 0. The van der Waals surface area contributed by atoms with Crippen LogP contribution in [0.5, 0.6) is 5.75 Å². The van der Waals surface area contributed by atoms with Gasteiger partial charge >= 0.3 is 12.5 Å². The van der Waals surface area contributed by atoms with Gasteiger partial charge in [-0.25, -0.2) is 0 Å². The molecule has 31 heavy (non-hydrogen) atoms. The first-order chi connectivity index (χ1) is 14.6. The molecule has 1 aromatic carbocycles. The van der Waals surface area contributed by atoms with Gasteiger partial charge in [-0.2, -0.15) is 13.2 Å². The minimum absolute atomic E-state index is 0.0927. The van der Waals surface area contributed by atoms with Crippen molar-refractivity contribution in [1.82, 2.24) is 10.6 Å². The van der Waals surface area contributed by atoms with Crippen molar-refractivity contribution >= 4 is 17.9 Å². The van der Waals surface area contributed by atoms with E-state index in [1.807, 2.05) is 0 Å². The summed E-state index contributed by atoms with van der Waals surface area (Å²) in [6.07, 6.45) is -2.93. The molecule has 1 saturated carbocycles. The second kappa shape index (κ2) is 8.98. The molecule has 0 spiro atoms. The van der Waals surface area contributed by atoms with E-state index in [9.17, 15) is 26.3 Å². The van der Waals surface area contributed by atoms with Gasteiger partial charge in [0.2, 0.25) is 5.96 Å². The topological polar surface area (TPSA) is 81.9 Å². The number of rotatable bonds is 4. The van der Waals surface area contributed by atoms with Gasteiger partial charge in [-0.05, 0) is 37.1 Å². The van der Waals surface area contributed by atoms with E-state index >= 15 is 0 Å². The Morgan fingerprint density at radius 2 is 1.77 bits per heavy atom. The summed E-state index contributed by atoms with van der Waals surface area (Å²) in [6.45, 7) is 0. The predicted octanol–water partition coefficient (Wildman–Crippen LogP) is 4.72. The monoisotopic (exact) mass is 447 g/mol. The van der Waals surface area contributed by atoms with Crippen molar-refractivity contribution < 1.29 is 31.1 Å². The Hall–Kier alpha value is -3.05. The Kier molecular flexibility index (Phi) is 6.56. The van der Waals surface area contributed by atoms with E-state index in [-0.39, 0.29) is 35.0 Å². The van der Waals surface area contributed by atoms with Crippen molar-refractivity contribution in [2.45, 2.75) is 50.7 Å². The summed E-state index contributed by atoms with van der Waals surface area (Å²) in [7, 11) is 0. The molecule has 0 unspecified atom stereocenters. The molecule has 12 heteroatoms. The van der Waals surface area contributed by atoms with Crippen LogP contribution in [0.25, 0.3) is 0 Å². The van der Waals surface area contributed by atoms with E-state index in [2.05, 4.69) is 25.6 Å². The SMILES string of the molecule is N=C/C=C1\NC(NC2CCCCC2)=NN=C1c1ccc(C(F)(F)F)cc1OC(F)(F)F. The number of allylic oxidation sites excluding steroid dienone is 2. The van der Waals surface area contributed by atoms with Crippen LogP contribution in [-0.4, -0.2) is 30.3 Å². The highest BCUT2D eigenvalue weighted by Gasteiger charge is 2.37. The van der Waals surface area contributed by atoms with Gasteiger partial charge in [0.25, 0.3) is 0 Å². The van der Waals surface area contributed by atoms with Gasteiger partial charge in [0.05, 0.1) is 11.3 Å². The van der Waals surface area contributed by atoms with Crippen molar-refractivity contribution in [3.8, 4) is 5.75 Å². The number of halogens is 6. The molecule has 0 atom stereocenters. The van der Waals surface area contributed by atoms with E-state index < -0.39 is 23.9 Å². The smallest absolute Gasteiger partial charge is 0.405 e. The fraction of sp³-hybridized carbons (Fsp3) is 0.421. The fourth-order valence-electron chi connectivity index (χ4n) is 3.38. The molecule has 3 rings (SSSR count). The molecule has 1 fully saturated rings. The van der Waals surface area contributed by atoms with Crippen LogP contribution in [0, 0.1) is 5.41 Å². The molecule has 1 aliphatic carbocycles. The molecule has 1 aromatic rings. The van der Waals surface area contributed by atoms with Gasteiger partial charge in [0.15, 0.2) is 0 Å². The molecule has 0 amide bonds. The van der Waals surface area contributed by atoms with Crippen molar-refractivity contribution in [1.29, 1.82) is 5.41 Å². The molecule has 1 aliphatic heterocycles. The highest BCUT2D eigenvalue weighted by molar-refractivity contribution is 6.18. The zero-order chi connectivity index (χ0) is 22.6. The zero-order valence-corrected chi connectivity index (χ0v) is 16.1.